The average Bonchev–Trinajstić information content (AvgIpc) is 3.16. The van der Waals surface area contributed by atoms with E-state index in [4.69, 9.17) is 4.42 Å². The third-order valence-electron chi connectivity index (χ3n) is 3.74. The molecule has 0 saturated carbocycles. The van der Waals surface area contributed by atoms with Gasteiger partial charge >= 0.3 is 0 Å². The minimum Gasteiger partial charge on any atom is -0.411 e. The highest BCUT2D eigenvalue weighted by molar-refractivity contribution is 7.99. The molecule has 2 N–H and O–H groups in total. The molecule has 0 aliphatic heterocycles. The molecule has 148 valence electrons. The van der Waals surface area contributed by atoms with E-state index in [9.17, 15) is 14.4 Å². The fourth-order valence-electron chi connectivity index (χ4n) is 2.42. The van der Waals surface area contributed by atoms with Gasteiger partial charge in [-0.2, -0.15) is 0 Å². The number of rotatable bonds is 7. The molecule has 2 amide bonds. The minimum atomic E-state index is -0.255. The summed E-state index contributed by atoms with van der Waals surface area (Å²) in [5, 5.41) is 13.6. The number of carbonyl (C=O) groups excluding carboxylic acids is 3. The second kappa shape index (κ2) is 9.16. The van der Waals surface area contributed by atoms with Gasteiger partial charge in [0.15, 0.2) is 5.78 Å². The molecular formula is C20H18N4O4S. The first kappa shape index (κ1) is 20.3. The van der Waals surface area contributed by atoms with E-state index in [0.29, 0.717) is 28.4 Å². The van der Waals surface area contributed by atoms with Crippen molar-refractivity contribution in [1.29, 1.82) is 0 Å². The molecule has 0 radical (unpaired) electrons. The molecule has 3 aromatic rings. The topological polar surface area (TPSA) is 114 Å². The quantitative estimate of drug-likeness (QED) is 0.451. The van der Waals surface area contributed by atoms with Crippen molar-refractivity contribution in [2.75, 3.05) is 16.4 Å². The van der Waals surface area contributed by atoms with Crippen molar-refractivity contribution >= 4 is 40.7 Å². The second-order valence-electron chi connectivity index (χ2n) is 6.11. The Labute approximate surface area is 171 Å². The Balaban J connectivity index is 1.56. The maximum atomic E-state index is 12.1. The van der Waals surface area contributed by atoms with E-state index in [-0.39, 0.29) is 28.6 Å². The van der Waals surface area contributed by atoms with Crippen LogP contribution in [0, 0.1) is 0 Å². The van der Waals surface area contributed by atoms with Crippen LogP contribution in [0.4, 0.5) is 11.4 Å². The zero-order chi connectivity index (χ0) is 20.8. The van der Waals surface area contributed by atoms with Gasteiger partial charge in [-0.3, -0.25) is 14.4 Å². The molecule has 1 aromatic heterocycles. The van der Waals surface area contributed by atoms with Crippen LogP contribution < -0.4 is 10.6 Å². The second-order valence-corrected chi connectivity index (χ2v) is 7.03. The molecule has 0 atom stereocenters. The van der Waals surface area contributed by atoms with E-state index in [0.717, 1.165) is 11.8 Å². The van der Waals surface area contributed by atoms with Gasteiger partial charge in [0.1, 0.15) is 0 Å². The van der Waals surface area contributed by atoms with Crippen LogP contribution in [0.25, 0.3) is 11.5 Å². The van der Waals surface area contributed by atoms with Gasteiger partial charge in [0.2, 0.25) is 17.7 Å². The number of nitrogens with one attached hydrogen (secondary N) is 2. The highest BCUT2D eigenvalue weighted by Crippen LogP contribution is 2.24. The van der Waals surface area contributed by atoms with Gasteiger partial charge in [0.25, 0.3) is 5.22 Å². The summed E-state index contributed by atoms with van der Waals surface area (Å²) in [6, 6.07) is 13.7. The zero-order valence-corrected chi connectivity index (χ0v) is 16.6. The van der Waals surface area contributed by atoms with Crippen molar-refractivity contribution in [3.8, 4) is 11.5 Å². The number of nitrogens with zero attached hydrogens (tertiary/aromatic N) is 2. The Hall–Kier alpha value is -3.46. The molecule has 0 fully saturated rings. The maximum absolute atomic E-state index is 12.1. The fourth-order valence-corrected chi connectivity index (χ4v) is 2.99. The highest BCUT2D eigenvalue weighted by Gasteiger charge is 2.12. The summed E-state index contributed by atoms with van der Waals surface area (Å²) in [5.41, 5.74) is 2.44. The lowest BCUT2D eigenvalue weighted by molar-refractivity contribution is -0.114. The number of hydrogen-bond acceptors (Lipinski definition) is 7. The number of carbonyl (C=O) groups is 3. The Bertz CT molecular complexity index is 1050. The Morgan fingerprint density at radius 1 is 0.966 bits per heavy atom. The number of Topliss-reactive ketones (excluding diaryl/α,β-unsaturated/α-hetero) is 1. The van der Waals surface area contributed by atoms with E-state index >= 15 is 0 Å². The Morgan fingerprint density at radius 3 is 2.41 bits per heavy atom. The molecule has 9 heteroatoms. The standard InChI is InChI=1S/C20H18N4O4S/c1-12(25)15-4-3-5-17(10-15)22-18(27)11-29-20-24-23-19(28-20)14-6-8-16(9-7-14)21-13(2)26/h3-10H,11H2,1-2H3,(H,21,26)(H,22,27). The van der Waals surface area contributed by atoms with Crippen molar-refractivity contribution < 1.29 is 18.8 Å². The lowest BCUT2D eigenvalue weighted by Crippen LogP contribution is -2.14. The summed E-state index contributed by atoms with van der Waals surface area (Å²) in [4.78, 5) is 34.6. The van der Waals surface area contributed by atoms with Crippen molar-refractivity contribution in [2.24, 2.45) is 0 Å². The lowest BCUT2D eigenvalue weighted by Gasteiger charge is -2.05. The number of ketones is 1. The first-order chi connectivity index (χ1) is 13.9. The number of aromatic nitrogens is 2. The maximum Gasteiger partial charge on any atom is 0.277 e. The molecular weight excluding hydrogens is 392 g/mol. The van der Waals surface area contributed by atoms with Gasteiger partial charge in [-0.25, -0.2) is 0 Å². The number of thioether (sulfide) groups is 1. The van der Waals surface area contributed by atoms with Gasteiger partial charge < -0.3 is 15.1 Å². The predicted molar refractivity (Wildman–Crippen MR) is 110 cm³/mol. The first-order valence-corrected chi connectivity index (χ1v) is 9.64. The average molecular weight is 410 g/mol. The molecule has 29 heavy (non-hydrogen) atoms. The fraction of sp³-hybridized carbons (Fsp3) is 0.150. The molecule has 2 aromatic carbocycles. The van der Waals surface area contributed by atoms with Crippen molar-refractivity contribution in [1.82, 2.24) is 10.2 Å². The molecule has 0 spiro atoms. The van der Waals surface area contributed by atoms with Crippen LogP contribution in [-0.4, -0.2) is 33.5 Å². The lowest BCUT2D eigenvalue weighted by atomic mass is 10.1. The zero-order valence-electron chi connectivity index (χ0n) is 15.8. The molecule has 0 aliphatic carbocycles. The summed E-state index contributed by atoms with van der Waals surface area (Å²) in [5.74, 6) is -0.0843. The van der Waals surface area contributed by atoms with Gasteiger partial charge in [-0.1, -0.05) is 23.9 Å². The van der Waals surface area contributed by atoms with E-state index < -0.39 is 0 Å². The largest absolute Gasteiger partial charge is 0.411 e. The number of amides is 2. The van der Waals surface area contributed by atoms with Crippen LogP contribution in [-0.2, 0) is 9.59 Å². The summed E-state index contributed by atoms with van der Waals surface area (Å²) in [7, 11) is 0. The van der Waals surface area contributed by atoms with Crippen LogP contribution in [0.3, 0.4) is 0 Å². The SMILES string of the molecule is CC(=O)Nc1ccc(-c2nnc(SCC(=O)Nc3cccc(C(C)=O)c3)o2)cc1. The molecule has 0 aliphatic rings. The predicted octanol–water partition coefficient (Wildman–Crippen LogP) is 3.63. The van der Waals surface area contributed by atoms with Crippen LogP contribution in [0.15, 0.2) is 58.2 Å². The summed E-state index contributed by atoms with van der Waals surface area (Å²) in [6.07, 6.45) is 0. The van der Waals surface area contributed by atoms with Gasteiger partial charge in [-0.05, 0) is 43.3 Å². The monoisotopic (exact) mass is 410 g/mol. The van der Waals surface area contributed by atoms with Gasteiger partial charge in [0.05, 0.1) is 5.75 Å². The number of benzene rings is 2. The Morgan fingerprint density at radius 2 is 1.72 bits per heavy atom. The molecule has 0 bridgehead atoms. The highest BCUT2D eigenvalue weighted by atomic mass is 32.2. The number of hydrogen-bond donors (Lipinski definition) is 2. The minimum absolute atomic E-state index is 0.0704. The third kappa shape index (κ3) is 5.76. The molecule has 8 nitrogen and oxygen atoms in total. The van der Waals surface area contributed by atoms with Gasteiger partial charge in [-0.15, -0.1) is 10.2 Å². The summed E-state index contributed by atoms with van der Waals surface area (Å²) in [6.45, 7) is 2.91. The molecule has 1 heterocycles. The van der Waals surface area contributed by atoms with E-state index in [1.54, 1.807) is 48.5 Å². The smallest absolute Gasteiger partial charge is 0.277 e. The molecule has 3 rings (SSSR count). The third-order valence-corrected chi connectivity index (χ3v) is 4.56. The van der Waals surface area contributed by atoms with Crippen molar-refractivity contribution in [3.05, 3.63) is 54.1 Å². The van der Waals surface area contributed by atoms with Crippen LogP contribution >= 0.6 is 11.8 Å². The van der Waals surface area contributed by atoms with E-state index in [1.165, 1.54) is 13.8 Å². The van der Waals surface area contributed by atoms with Crippen molar-refractivity contribution in [2.45, 2.75) is 19.1 Å². The summed E-state index contributed by atoms with van der Waals surface area (Å²) >= 11 is 1.11. The summed E-state index contributed by atoms with van der Waals surface area (Å²) < 4.78 is 5.57. The van der Waals surface area contributed by atoms with Crippen LogP contribution in [0.5, 0.6) is 0 Å². The van der Waals surface area contributed by atoms with E-state index in [2.05, 4.69) is 20.8 Å². The van der Waals surface area contributed by atoms with Crippen molar-refractivity contribution in [3.63, 3.8) is 0 Å². The van der Waals surface area contributed by atoms with Crippen LogP contribution in [0.2, 0.25) is 0 Å². The normalized spacial score (nSPS) is 10.4. The van der Waals surface area contributed by atoms with Gasteiger partial charge in [0, 0.05) is 29.4 Å². The van der Waals surface area contributed by atoms with E-state index in [1.807, 2.05) is 0 Å². The molecule has 0 unspecified atom stereocenters. The Kier molecular flexibility index (Phi) is 6.40. The van der Waals surface area contributed by atoms with Crippen LogP contribution in [0.1, 0.15) is 24.2 Å². The molecule has 0 saturated heterocycles. The first-order valence-electron chi connectivity index (χ1n) is 8.66. The number of anilines is 2.